The van der Waals surface area contributed by atoms with Gasteiger partial charge in [0.1, 0.15) is 12.1 Å². The number of amides is 2. The third kappa shape index (κ3) is 3.78. The monoisotopic (exact) mass is 391 g/mol. The summed E-state index contributed by atoms with van der Waals surface area (Å²) in [6, 6.07) is 11.3. The largest absolute Gasteiger partial charge is 0.342 e. The number of pyridine rings is 1. The molecule has 2 aliphatic rings. The molecule has 0 saturated carbocycles. The van der Waals surface area contributed by atoms with E-state index in [9.17, 15) is 9.59 Å². The van der Waals surface area contributed by atoms with Gasteiger partial charge in [0.05, 0.1) is 0 Å². The number of benzene rings is 1. The van der Waals surface area contributed by atoms with Crippen LogP contribution in [0.25, 0.3) is 0 Å². The number of aromatic nitrogens is 1. The number of nitrogens with one attached hydrogen (secondary N) is 1. The van der Waals surface area contributed by atoms with Crippen molar-refractivity contribution in [2.75, 3.05) is 0 Å². The highest BCUT2D eigenvalue weighted by molar-refractivity contribution is 5.97. The maximum Gasteiger partial charge on any atom is 0.246 e. The number of piperazine rings is 1. The van der Waals surface area contributed by atoms with Gasteiger partial charge in [0.15, 0.2) is 0 Å². The van der Waals surface area contributed by atoms with Gasteiger partial charge in [0.2, 0.25) is 11.8 Å². The van der Waals surface area contributed by atoms with E-state index in [1.165, 1.54) is 11.1 Å². The molecule has 1 aliphatic heterocycles. The molecule has 2 amide bonds. The number of rotatable bonds is 6. The van der Waals surface area contributed by atoms with E-state index in [-0.39, 0.29) is 23.7 Å². The fourth-order valence-electron chi connectivity index (χ4n) is 4.97. The van der Waals surface area contributed by atoms with Crippen molar-refractivity contribution in [2.45, 2.75) is 58.2 Å². The third-order valence-corrected chi connectivity index (χ3v) is 6.60. The third-order valence-electron chi connectivity index (χ3n) is 6.60. The summed E-state index contributed by atoms with van der Waals surface area (Å²) in [5.41, 5.74) is 3.59. The Kier molecular flexibility index (Phi) is 5.65. The quantitative estimate of drug-likeness (QED) is 0.823. The Morgan fingerprint density at radius 1 is 1.03 bits per heavy atom. The van der Waals surface area contributed by atoms with Gasteiger partial charge in [0.25, 0.3) is 0 Å². The average Bonchev–Trinajstić information content (AvgIpc) is 3.18. The number of hydrogen-bond donors (Lipinski definition) is 1. The molecule has 1 aromatic carbocycles. The summed E-state index contributed by atoms with van der Waals surface area (Å²) in [5, 5.41) is 3.12. The molecule has 2 heterocycles. The van der Waals surface area contributed by atoms with Crippen molar-refractivity contribution in [3.05, 3.63) is 65.5 Å². The van der Waals surface area contributed by atoms with Crippen LogP contribution < -0.4 is 5.32 Å². The van der Waals surface area contributed by atoms with Gasteiger partial charge in [-0.1, -0.05) is 51.0 Å². The summed E-state index contributed by atoms with van der Waals surface area (Å²) in [6.07, 6.45) is 6.89. The Morgan fingerprint density at radius 2 is 1.66 bits per heavy atom. The van der Waals surface area contributed by atoms with Gasteiger partial charge in [-0.3, -0.25) is 14.6 Å². The van der Waals surface area contributed by atoms with E-state index in [2.05, 4.69) is 36.3 Å². The second kappa shape index (κ2) is 8.36. The van der Waals surface area contributed by atoms with Gasteiger partial charge in [-0.2, -0.15) is 0 Å². The first-order chi connectivity index (χ1) is 14.1. The summed E-state index contributed by atoms with van der Waals surface area (Å²) in [6.45, 7) is 4.64. The Balaban J connectivity index is 1.62. The van der Waals surface area contributed by atoms with Crippen LogP contribution in [0.15, 0.2) is 48.8 Å². The zero-order valence-electron chi connectivity index (χ0n) is 17.2. The topological polar surface area (TPSA) is 62.3 Å². The van der Waals surface area contributed by atoms with Gasteiger partial charge in [0, 0.05) is 18.9 Å². The summed E-state index contributed by atoms with van der Waals surface area (Å²) < 4.78 is 0. The molecule has 0 radical (unpaired) electrons. The molecular weight excluding hydrogens is 362 g/mol. The molecular formula is C24H29N3O2. The van der Waals surface area contributed by atoms with E-state index < -0.39 is 12.1 Å². The van der Waals surface area contributed by atoms with Gasteiger partial charge >= 0.3 is 0 Å². The van der Waals surface area contributed by atoms with Crippen molar-refractivity contribution in [2.24, 2.45) is 11.8 Å². The zero-order chi connectivity index (χ0) is 20.4. The molecule has 1 fully saturated rings. The van der Waals surface area contributed by atoms with E-state index in [0.29, 0.717) is 6.54 Å². The molecule has 5 nitrogen and oxygen atoms in total. The Morgan fingerprint density at radius 3 is 2.24 bits per heavy atom. The average molecular weight is 392 g/mol. The first kappa shape index (κ1) is 19.6. The molecule has 2 aromatic rings. The summed E-state index contributed by atoms with van der Waals surface area (Å²) >= 11 is 0. The highest BCUT2D eigenvalue weighted by Gasteiger charge is 2.46. The van der Waals surface area contributed by atoms with E-state index in [1.54, 1.807) is 12.4 Å². The van der Waals surface area contributed by atoms with Crippen LogP contribution in [0.4, 0.5) is 0 Å². The second-order valence-electron chi connectivity index (χ2n) is 8.27. The van der Waals surface area contributed by atoms with Crippen LogP contribution in [0.1, 0.15) is 43.4 Å². The number of carbonyl (C=O) groups is 2. The predicted octanol–water partition coefficient (Wildman–Crippen LogP) is 3.13. The molecule has 1 saturated heterocycles. The maximum atomic E-state index is 13.7. The molecule has 0 bridgehead atoms. The Labute approximate surface area is 172 Å². The molecule has 152 valence electrons. The van der Waals surface area contributed by atoms with Gasteiger partial charge < -0.3 is 10.2 Å². The maximum absolute atomic E-state index is 13.7. The fourth-order valence-corrected chi connectivity index (χ4v) is 4.97. The number of carbonyl (C=O) groups excluding carboxylic acids is 2. The summed E-state index contributed by atoms with van der Waals surface area (Å²) in [5.74, 6) is 0.318. The van der Waals surface area contributed by atoms with Crippen LogP contribution in [0.5, 0.6) is 0 Å². The van der Waals surface area contributed by atoms with Crippen molar-refractivity contribution in [3.63, 3.8) is 0 Å². The molecule has 2 atom stereocenters. The number of fused-ring (bicyclic) bond motifs is 1. The molecule has 4 rings (SSSR count). The Hall–Kier alpha value is -2.69. The van der Waals surface area contributed by atoms with Gasteiger partial charge in [-0.05, 0) is 53.5 Å². The molecule has 0 unspecified atom stereocenters. The van der Waals surface area contributed by atoms with E-state index in [0.717, 1.165) is 31.2 Å². The van der Waals surface area contributed by atoms with Crippen molar-refractivity contribution in [3.8, 4) is 0 Å². The second-order valence-corrected chi connectivity index (χ2v) is 8.27. The minimum absolute atomic E-state index is 0.00619. The van der Waals surface area contributed by atoms with Crippen molar-refractivity contribution in [1.29, 1.82) is 0 Å². The molecule has 5 heteroatoms. The van der Waals surface area contributed by atoms with Crippen molar-refractivity contribution >= 4 is 11.8 Å². The highest BCUT2D eigenvalue weighted by Crippen LogP contribution is 2.33. The molecule has 0 spiro atoms. The van der Waals surface area contributed by atoms with Gasteiger partial charge in [-0.25, -0.2) is 0 Å². The summed E-state index contributed by atoms with van der Waals surface area (Å²) in [4.78, 5) is 32.8. The lowest BCUT2D eigenvalue weighted by atomic mass is 9.86. The minimum Gasteiger partial charge on any atom is -0.342 e. The van der Waals surface area contributed by atoms with E-state index >= 15 is 0 Å². The molecule has 1 aliphatic carbocycles. The first-order valence-corrected chi connectivity index (χ1v) is 10.7. The lowest BCUT2D eigenvalue weighted by Crippen LogP contribution is -2.66. The van der Waals surface area contributed by atoms with E-state index in [1.807, 2.05) is 29.2 Å². The fraction of sp³-hybridized carbons (Fsp3) is 0.458. The zero-order valence-corrected chi connectivity index (χ0v) is 17.2. The SMILES string of the molecule is CCC(CC)[C@@H]1C(=O)N[C@H](C2Cc3ccccc3C2)C(=O)N1Cc1ccncc1. The summed E-state index contributed by atoms with van der Waals surface area (Å²) in [7, 11) is 0. The number of nitrogens with zero attached hydrogens (tertiary/aromatic N) is 2. The molecule has 1 aromatic heterocycles. The molecule has 29 heavy (non-hydrogen) atoms. The lowest BCUT2D eigenvalue weighted by Gasteiger charge is -2.43. The molecule has 1 N–H and O–H groups in total. The van der Waals surface area contributed by atoms with Crippen LogP contribution >= 0.6 is 0 Å². The van der Waals surface area contributed by atoms with Crippen LogP contribution in [0.3, 0.4) is 0 Å². The standard InChI is InChI=1S/C24H29N3O2/c1-3-17(4-2)22-23(28)26-21(20-13-18-7-5-6-8-19(18)14-20)24(29)27(22)15-16-9-11-25-12-10-16/h5-12,17,20-22H,3-4,13-15H2,1-2H3,(H,26,28)/t21-,22-/m1/s1. The smallest absolute Gasteiger partial charge is 0.246 e. The van der Waals surface area contributed by atoms with E-state index in [4.69, 9.17) is 0 Å². The van der Waals surface area contributed by atoms with Crippen molar-refractivity contribution < 1.29 is 9.59 Å². The number of hydrogen-bond acceptors (Lipinski definition) is 3. The van der Waals surface area contributed by atoms with Crippen LogP contribution in [0.2, 0.25) is 0 Å². The van der Waals surface area contributed by atoms with Crippen LogP contribution in [-0.2, 0) is 29.0 Å². The van der Waals surface area contributed by atoms with Crippen molar-refractivity contribution in [1.82, 2.24) is 15.2 Å². The van der Waals surface area contributed by atoms with Gasteiger partial charge in [-0.15, -0.1) is 0 Å². The van der Waals surface area contributed by atoms with Crippen LogP contribution in [0, 0.1) is 11.8 Å². The normalized spacial score (nSPS) is 22.1. The highest BCUT2D eigenvalue weighted by atomic mass is 16.2. The Bertz CT molecular complexity index is 854. The first-order valence-electron chi connectivity index (χ1n) is 10.7. The lowest BCUT2D eigenvalue weighted by molar-refractivity contribution is -0.154. The van der Waals surface area contributed by atoms with Crippen LogP contribution in [-0.4, -0.2) is 33.8 Å². The predicted molar refractivity (Wildman–Crippen MR) is 112 cm³/mol. The minimum atomic E-state index is -0.456.